The van der Waals surface area contributed by atoms with E-state index >= 15 is 0 Å². The molecule has 3 atom stereocenters. The molecule has 2 aliphatic rings. The lowest BCUT2D eigenvalue weighted by Crippen LogP contribution is -2.20. The zero-order chi connectivity index (χ0) is 12.1. The topological polar surface area (TPSA) is 45.8 Å². The van der Waals surface area contributed by atoms with Crippen molar-refractivity contribution in [2.45, 2.75) is 25.7 Å². The maximum absolute atomic E-state index is 12.7. The zero-order valence-electron chi connectivity index (χ0n) is 10.2. The van der Waals surface area contributed by atoms with Crippen molar-refractivity contribution in [3.8, 4) is 0 Å². The van der Waals surface area contributed by atoms with Crippen LogP contribution in [0.3, 0.4) is 0 Å². The Morgan fingerprint density at radius 2 is 2.28 bits per heavy atom. The number of nitrogens with one attached hydrogen (secondary N) is 1. The normalized spacial score (nSPS) is 30.1. The smallest absolute Gasteiger partial charge is 0.168 e. The molecule has 18 heavy (non-hydrogen) atoms. The van der Waals surface area contributed by atoms with Gasteiger partial charge in [-0.1, -0.05) is 6.42 Å². The third-order valence-electron chi connectivity index (χ3n) is 4.79. The van der Waals surface area contributed by atoms with Gasteiger partial charge in [-0.05, 0) is 43.2 Å². The van der Waals surface area contributed by atoms with Crippen molar-refractivity contribution < 1.29 is 4.79 Å². The summed E-state index contributed by atoms with van der Waals surface area (Å²) in [5.74, 6) is 2.06. The number of hydrogen-bond acceptors (Lipinski definition) is 2. The van der Waals surface area contributed by atoms with Crippen LogP contribution in [0.15, 0.2) is 24.5 Å². The van der Waals surface area contributed by atoms with Crippen molar-refractivity contribution in [1.29, 1.82) is 0 Å². The molecule has 1 N–H and O–H groups in total. The molecule has 2 aromatic rings. The van der Waals surface area contributed by atoms with Crippen LogP contribution in [0.25, 0.3) is 11.0 Å². The molecule has 0 aliphatic heterocycles. The number of ketones is 1. The number of carbonyl (C=O) groups is 1. The second-order valence-electron chi connectivity index (χ2n) is 5.75. The molecule has 92 valence electrons. The Labute approximate surface area is 106 Å². The molecule has 0 saturated heterocycles. The first kappa shape index (κ1) is 10.3. The molecular weight excluding hydrogens is 224 g/mol. The Bertz CT molecular complexity index is 616. The number of nitrogens with zero attached hydrogens (tertiary/aromatic N) is 1. The fraction of sp³-hybridized carbons (Fsp3) is 0.467. The number of fused-ring (bicyclic) bond motifs is 3. The van der Waals surface area contributed by atoms with E-state index in [1.807, 2.05) is 18.3 Å². The SMILES string of the molecule is O=C(c1c[nH]c2ncccc12)C1CC2CCC1C2. The van der Waals surface area contributed by atoms with Crippen LogP contribution in [0.5, 0.6) is 0 Å². The second kappa shape index (κ2) is 3.67. The minimum Gasteiger partial charge on any atom is -0.345 e. The standard InChI is InChI=1S/C15H16N2O/c18-14(12-7-9-3-4-10(12)6-9)13-8-17-15-11(13)2-1-5-16-15/h1-2,5,8-10,12H,3-4,6-7H2,(H,16,17). The monoisotopic (exact) mass is 240 g/mol. The van der Waals surface area contributed by atoms with Gasteiger partial charge in [-0.2, -0.15) is 0 Å². The molecule has 3 nitrogen and oxygen atoms in total. The van der Waals surface area contributed by atoms with Crippen molar-refractivity contribution in [3.63, 3.8) is 0 Å². The summed E-state index contributed by atoms with van der Waals surface area (Å²) in [5.41, 5.74) is 1.67. The largest absolute Gasteiger partial charge is 0.345 e. The van der Waals surface area contributed by atoms with Crippen LogP contribution in [0.2, 0.25) is 0 Å². The third-order valence-corrected chi connectivity index (χ3v) is 4.79. The fourth-order valence-electron chi connectivity index (χ4n) is 3.93. The van der Waals surface area contributed by atoms with Crippen LogP contribution in [0, 0.1) is 17.8 Å². The van der Waals surface area contributed by atoms with E-state index < -0.39 is 0 Å². The number of Topliss-reactive ketones (excluding diaryl/α,β-unsaturated/α-hetero) is 1. The number of carbonyl (C=O) groups excluding carboxylic acids is 1. The average molecular weight is 240 g/mol. The maximum atomic E-state index is 12.7. The molecule has 3 heteroatoms. The van der Waals surface area contributed by atoms with Gasteiger partial charge in [0.1, 0.15) is 5.65 Å². The molecular formula is C15H16N2O. The van der Waals surface area contributed by atoms with Gasteiger partial charge in [-0.15, -0.1) is 0 Å². The van der Waals surface area contributed by atoms with Gasteiger partial charge in [-0.25, -0.2) is 4.98 Å². The van der Waals surface area contributed by atoms with Gasteiger partial charge >= 0.3 is 0 Å². The summed E-state index contributed by atoms with van der Waals surface area (Å²) in [5, 5.41) is 0.977. The molecule has 2 fully saturated rings. The first-order valence-electron chi connectivity index (χ1n) is 6.79. The highest BCUT2D eigenvalue weighted by molar-refractivity contribution is 6.08. The summed E-state index contributed by atoms with van der Waals surface area (Å²) in [4.78, 5) is 20.0. The maximum Gasteiger partial charge on any atom is 0.168 e. The van der Waals surface area contributed by atoms with Gasteiger partial charge in [0.15, 0.2) is 5.78 Å². The predicted octanol–water partition coefficient (Wildman–Crippen LogP) is 3.18. The van der Waals surface area contributed by atoms with Gasteiger partial charge in [0.25, 0.3) is 0 Å². The first-order valence-corrected chi connectivity index (χ1v) is 6.79. The highest BCUT2D eigenvalue weighted by Crippen LogP contribution is 2.49. The molecule has 0 spiro atoms. The van der Waals surface area contributed by atoms with Gasteiger partial charge in [0, 0.05) is 29.3 Å². The van der Waals surface area contributed by atoms with Gasteiger partial charge in [-0.3, -0.25) is 4.79 Å². The average Bonchev–Trinajstić information content (AvgIpc) is 3.12. The third kappa shape index (κ3) is 1.36. The van der Waals surface area contributed by atoms with Gasteiger partial charge in [0.05, 0.1) is 0 Å². The minimum absolute atomic E-state index is 0.267. The van der Waals surface area contributed by atoms with Crippen LogP contribution in [0.1, 0.15) is 36.0 Å². The first-order chi connectivity index (χ1) is 8.83. The number of aromatic nitrogens is 2. The lowest BCUT2D eigenvalue weighted by Gasteiger charge is -2.19. The molecule has 4 rings (SSSR count). The van der Waals surface area contributed by atoms with E-state index in [0.29, 0.717) is 11.7 Å². The summed E-state index contributed by atoms with van der Waals surface area (Å²) in [6, 6.07) is 3.88. The van der Waals surface area contributed by atoms with E-state index in [9.17, 15) is 4.79 Å². The van der Waals surface area contributed by atoms with Crippen molar-refractivity contribution in [2.24, 2.45) is 17.8 Å². The molecule has 2 bridgehead atoms. The molecule has 0 aromatic carbocycles. The number of H-pyrrole nitrogens is 1. The highest BCUT2D eigenvalue weighted by atomic mass is 16.1. The van der Waals surface area contributed by atoms with E-state index in [1.54, 1.807) is 6.20 Å². The van der Waals surface area contributed by atoms with E-state index in [-0.39, 0.29) is 5.92 Å². The fourth-order valence-corrected chi connectivity index (χ4v) is 3.93. The molecule has 2 saturated carbocycles. The summed E-state index contributed by atoms with van der Waals surface area (Å²) < 4.78 is 0. The highest BCUT2D eigenvalue weighted by Gasteiger charge is 2.43. The second-order valence-corrected chi connectivity index (χ2v) is 5.75. The quantitative estimate of drug-likeness (QED) is 0.819. The predicted molar refractivity (Wildman–Crippen MR) is 69.4 cm³/mol. The van der Waals surface area contributed by atoms with Crippen LogP contribution >= 0.6 is 0 Å². The lowest BCUT2D eigenvalue weighted by atomic mass is 9.83. The van der Waals surface area contributed by atoms with Crippen molar-refractivity contribution in [3.05, 3.63) is 30.1 Å². The zero-order valence-corrected chi connectivity index (χ0v) is 10.2. The Balaban J connectivity index is 1.72. The number of aromatic amines is 1. The summed E-state index contributed by atoms with van der Waals surface area (Å²) in [7, 11) is 0. The molecule has 0 amide bonds. The summed E-state index contributed by atoms with van der Waals surface area (Å²) in [6.45, 7) is 0. The number of rotatable bonds is 2. The van der Waals surface area contributed by atoms with Crippen LogP contribution < -0.4 is 0 Å². The van der Waals surface area contributed by atoms with Crippen LogP contribution in [0.4, 0.5) is 0 Å². The van der Waals surface area contributed by atoms with Gasteiger partial charge in [0.2, 0.25) is 0 Å². The summed E-state index contributed by atoms with van der Waals surface area (Å²) in [6.07, 6.45) is 8.57. The lowest BCUT2D eigenvalue weighted by molar-refractivity contribution is 0.0876. The molecule has 2 aromatic heterocycles. The number of hydrogen-bond donors (Lipinski definition) is 1. The van der Waals surface area contributed by atoms with E-state index in [1.165, 1.54) is 19.3 Å². The van der Waals surface area contributed by atoms with Crippen molar-refractivity contribution >= 4 is 16.8 Å². The Kier molecular flexibility index (Phi) is 2.10. The van der Waals surface area contributed by atoms with E-state index in [4.69, 9.17) is 0 Å². The molecule has 2 heterocycles. The molecule has 2 aliphatic carbocycles. The van der Waals surface area contributed by atoms with Crippen molar-refractivity contribution in [2.75, 3.05) is 0 Å². The van der Waals surface area contributed by atoms with Crippen molar-refractivity contribution in [1.82, 2.24) is 9.97 Å². The van der Waals surface area contributed by atoms with Gasteiger partial charge < -0.3 is 4.98 Å². The molecule has 3 unspecified atom stereocenters. The Morgan fingerprint density at radius 3 is 3.06 bits per heavy atom. The molecule has 0 radical (unpaired) electrons. The number of pyridine rings is 1. The van der Waals surface area contributed by atoms with E-state index in [0.717, 1.165) is 28.9 Å². The van der Waals surface area contributed by atoms with Crippen LogP contribution in [-0.4, -0.2) is 15.8 Å². The van der Waals surface area contributed by atoms with Crippen LogP contribution in [-0.2, 0) is 0 Å². The van der Waals surface area contributed by atoms with E-state index in [2.05, 4.69) is 9.97 Å². The Hall–Kier alpha value is -1.64. The minimum atomic E-state index is 0.267. The summed E-state index contributed by atoms with van der Waals surface area (Å²) >= 11 is 0. The Morgan fingerprint density at radius 1 is 1.33 bits per heavy atom.